The van der Waals surface area contributed by atoms with Crippen LogP contribution in [0.5, 0.6) is 0 Å². The van der Waals surface area contributed by atoms with Gasteiger partial charge >= 0.3 is 12.0 Å². The van der Waals surface area contributed by atoms with Gasteiger partial charge in [-0.2, -0.15) is 0 Å². The average Bonchev–Trinajstić information content (AvgIpc) is 2.83. The molecule has 2 N–H and O–H groups in total. The van der Waals surface area contributed by atoms with Crippen LogP contribution in [0.1, 0.15) is 33.1 Å². The van der Waals surface area contributed by atoms with Crippen molar-refractivity contribution in [1.29, 1.82) is 0 Å². The molecule has 1 fully saturated rings. The highest BCUT2D eigenvalue weighted by Crippen LogP contribution is 2.21. The van der Waals surface area contributed by atoms with Crippen molar-refractivity contribution in [2.75, 3.05) is 26.2 Å². The topological polar surface area (TPSA) is 81.1 Å². The summed E-state index contributed by atoms with van der Waals surface area (Å²) >= 11 is 0. The number of aliphatic hydroxyl groups is 1. The van der Waals surface area contributed by atoms with Gasteiger partial charge in [-0.25, -0.2) is 4.79 Å². The standard InChI is InChI=1S/C13H24N2O4/c1-3-10(2)15(9-12(17)18)13(19)14-6-4-11(8-14)5-7-16/h10-11,16H,3-9H2,1-2H3,(H,17,18). The van der Waals surface area contributed by atoms with Crippen molar-refractivity contribution in [2.24, 2.45) is 5.92 Å². The third-order valence-corrected chi connectivity index (χ3v) is 3.77. The second kappa shape index (κ2) is 7.33. The monoisotopic (exact) mass is 272 g/mol. The van der Waals surface area contributed by atoms with E-state index in [1.807, 2.05) is 13.8 Å². The lowest BCUT2D eigenvalue weighted by atomic mass is 10.1. The zero-order valence-electron chi connectivity index (χ0n) is 11.7. The van der Waals surface area contributed by atoms with E-state index < -0.39 is 5.97 Å². The Bertz CT molecular complexity index is 322. The summed E-state index contributed by atoms with van der Waals surface area (Å²) in [6, 6.07) is -0.280. The minimum absolute atomic E-state index is 0.0829. The summed E-state index contributed by atoms with van der Waals surface area (Å²) in [6.07, 6.45) is 2.31. The zero-order chi connectivity index (χ0) is 14.4. The van der Waals surface area contributed by atoms with Gasteiger partial charge in [-0.1, -0.05) is 6.92 Å². The van der Waals surface area contributed by atoms with Crippen LogP contribution >= 0.6 is 0 Å². The first-order chi connectivity index (χ1) is 8.99. The van der Waals surface area contributed by atoms with Gasteiger partial charge in [-0.15, -0.1) is 0 Å². The van der Waals surface area contributed by atoms with Gasteiger partial charge in [-0.3, -0.25) is 4.79 Å². The maximum absolute atomic E-state index is 12.4. The Morgan fingerprint density at radius 1 is 1.47 bits per heavy atom. The molecule has 0 aromatic carbocycles. The van der Waals surface area contributed by atoms with Gasteiger partial charge in [0.25, 0.3) is 0 Å². The van der Waals surface area contributed by atoms with Gasteiger partial charge in [0.15, 0.2) is 0 Å². The SMILES string of the molecule is CCC(C)N(CC(=O)O)C(=O)N1CCC(CCO)C1. The number of carboxylic acid groups (broad SMARTS) is 1. The van der Waals surface area contributed by atoms with Crippen LogP contribution < -0.4 is 0 Å². The summed E-state index contributed by atoms with van der Waals surface area (Å²) in [6.45, 7) is 4.95. The molecule has 2 atom stereocenters. The largest absolute Gasteiger partial charge is 0.480 e. The Hall–Kier alpha value is -1.30. The van der Waals surface area contributed by atoms with Crippen LogP contribution in [0, 0.1) is 5.92 Å². The van der Waals surface area contributed by atoms with E-state index in [2.05, 4.69) is 0 Å². The third kappa shape index (κ3) is 4.38. The van der Waals surface area contributed by atoms with E-state index in [1.54, 1.807) is 4.90 Å². The Labute approximate surface area is 114 Å². The minimum atomic E-state index is -0.986. The van der Waals surface area contributed by atoms with Crippen LogP contribution in [-0.2, 0) is 4.79 Å². The maximum atomic E-state index is 12.4. The molecule has 6 nitrogen and oxygen atoms in total. The summed E-state index contributed by atoms with van der Waals surface area (Å²) in [5, 5.41) is 17.8. The van der Waals surface area contributed by atoms with Crippen molar-refractivity contribution < 1.29 is 19.8 Å². The first kappa shape index (κ1) is 15.8. The third-order valence-electron chi connectivity index (χ3n) is 3.77. The van der Waals surface area contributed by atoms with Crippen LogP contribution in [0.25, 0.3) is 0 Å². The van der Waals surface area contributed by atoms with E-state index in [9.17, 15) is 9.59 Å². The number of carboxylic acids is 1. The normalized spacial score (nSPS) is 20.4. The molecule has 19 heavy (non-hydrogen) atoms. The summed E-state index contributed by atoms with van der Waals surface area (Å²) in [4.78, 5) is 26.4. The molecule has 2 amide bonds. The molecule has 2 unspecified atom stereocenters. The quantitative estimate of drug-likeness (QED) is 0.755. The molecule has 0 aliphatic carbocycles. The fraction of sp³-hybridized carbons (Fsp3) is 0.846. The molecule has 0 aromatic rings. The van der Waals surface area contributed by atoms with E-state index in [4.69, 9.17) is 10.2 Å². The molecule has 0 bridgehead atoms. The van der Waals surface area contributed by atoms with Crippen LogP contribution in [0.4, 0.5) is 4.79 Å². The predicted molar refractivity (Wildman–Crippen MR) is 70.9 cm³/mol. The number of aliphatic hydroxyl groups excluding tert-OH is 1. The molecule has 0 radical (unpaired) electrons. The highest BCUT2D eigenvalue weighted by molar-refractivity contribution is 5.80. The Morgan fingerprint density at radius 2 is 2.16 bits per heavy atom. The minimum Gasteiger partial charge on any atom is -0.480 e. The first-order valence-corrected chi connectivity index (χ1v) is 6.87. The lowest BCUT2D eigenvalue weighted by molar-refractivity contribution is -0.138. The molecular formula is C13H24N2O4. The second-order valence-electron chi connectivity index (χ2n) is 5.17. The van der Waals surface area contributed by atoms with E-state index in [1.165, 1.54) is 4.90 Å². The van der Waals surface area contributed by atoms with E-state index in [-0.39, 0.29) is 25.2 Å². The smallest absolute Gasteiger partial charge is 0.323 e. The molecule has 1 rings (SSSR count). The number of hydrogen-bond acceptors (Lipinski definition) is 3. The lowest BCUT2D eigenvalue weighted by Crippen LogP contribution is -2.48. The lowest BCUT2D eigenvalue weighted by Gasteiger charge is -2.31. The van der Waals surface area contributed by atoms with Crippen LogP contribution in [0.2, 0.25) is 0 Å². The second-order valence-corrected chi connectivity index (χ2v) is 5.17. The maximum Gasteiger partial charge on any atom is 0.323 e. The fourth-order valence-corrected chi connectivity index (χ4v) is 2.38. The Morgan fingerprint density at radius 3 is 2.68 bits per heavy atom. The van der Waals surface area contributed by atoms with Crippen LogP contribution in [0.3, 0.4) is 0 Å². The van der Waals surface area contributed by atoms with Gasteiger partial charge in [-0.05, 0) is 32.1 Å². The van der Waals surface area contributed by atoms with Gasteiger partial charge in [0.05, 0.1) is 0 Å². The van der Waals surface area contributed by atoms with Crippen LogP contribution in [-0.4, -0.2) is 64.3 Å². The highest BCUT2D eigenvalue weighted by Gasteiger charge is 2.31. The molecule has 1 aliphatic rings. The Kier molecular flexibility index (Phi) is 6.08. The molecule has 1 heterocycles. The molecule has 0 saturated carbocycles. The summed E-state index contributed by atoms with van der Waals surface area (Å²) in [5.74, 6) is -0.655. The number of amides is 2. The van der Waals surface area contributed by atoms with Gasteiger partial charge in [0.1, 0.15) is 6.54 Å². The molecule has 0 spiro atoms. The zero-order valence-corrected chi connectivity index (χ0v) is 11.7. The summed E-state index contributed by atoms with van der Waals surface area (Å²) in [5.41, 5.74) is 0. The molecular weight excluding hydrogens is 248 g/mol. The van der Waals surface area contributed by atoms with E-state index >= 15 is 0 Å². The number of likely N-dealkylation sites (tertiary alicyclic amines) is 1. The number of nitrogens with zero attached hydrogens (tertiary/aromatic N) is 2. The summed E-state index contributed by atoms with van der Waals surface area (Å²) < 4.78 is 0. The van der Waals surface area contributed by atoms with Crippen LogP contribution in [0.15, 0.2) is 0 Å². The van der Waals surface area contributed by atoms with Gasteiger partial charge in [0.2, 0.25) is 0 Å². The van der Waals surface area contributed by atoms with E-state index in [0.29, 0.717) is 25.4 Å². The first-order valence-electron chi connectivity index (χ1n) is 6.87. The number of carbonyl (C=O) groups excluding carboxylic acids is 1. The number of rotatable bonds is 6. The predicted octanol–water partition coefficient (Wildman–Crippen LogP) is 0.996. The van der Waals surface area contributed by atoms with Crippen molar-refractivity contribution in [1.82, 2.24) is 9.80 Å². The van der Waals surface area contributed by atoms with E-state index in [0.717, 1.165) is 12.8 Å². The summed E-state index contributed by atoms with van der Waals surface area (Å²) in [7, 11) is 0. The fourth-order valence-electron chi connectivity index (χ4n) is 2.38. The molecule has 0 aromatic heterocycles. The van der Waals surface area contributed by atoms with Crippen molar-refractivity contribution >= 4 is 12.0 Å². The van der Waals surface area contributed by atoms with Crippen molar-refractivity contribution in [2.45, 2.75) is 39.2 Å². The molecule has 1 aliphatic heterocycles. The van der Waals surface area contributed by atoms with Gasteiger partial charge < -0.3 is 20.0 Å². The van der Waals surface area contributed by atoms with Crippen molar-refractivity contribution in [3.63, 3.8) is 0 Å². The van der Waals surface area contributed by atoms with Gasteiger partial charge in [0, 0.05) is 25.7 Å². The number of carbonyl (C=O) groups is 2. The molecule has 110 valence electrons. The molecule has 1 saturated heterocycles. The highest BCUT2D eigenvalue weighted by atomic mass is 16.4. The van der Waals surface area contributed by atoms with Crippen molar-refractivity contribution in [3.05, 3.63) is 0 Å². The number of urea groups is 1. The number of hydrogen-bond donors (Lipinski definition) is 2. The van der Waals surface area contributed by atoms with Crippen molar-refractivity contribution in [3.8, 4) is 0 Å². The number of aliphatic carboxylic acids is 1. The molecule has 6 heteroatoms. The Balaban J connectivity index is 2.64. The average molecular weight is 272 g/mol.